The molecule has 2 aromatic rings. The first-order chi connectivity index (χ1) is 14.4. The van der Waals surface area contributed by atoms with Crippen molar-refractivity contribution in [2.75, 3.05) is 11.1 Å². The van der Waals surface area contributed by atoms with Crippen LogP contribution in [-0.4, -0.2) is 17.6 Å². The molecular formula is C23H22N4O2S. The van der Waals surface area contributed by atoms with Crippen LogP contribution in [0, 0.1) is 18.3 Å². The molecular weight excluding hydrogens is 396 g/mol. The average Bonchev–Trinajstić information content (AvgIpc) is 2.72. The quantitative estimate of drug-likeness (QED) is 0.665. The first kappa shape index (κ1) is 21.2. The number of carbonyl (C=O) groups is 2. The maximum absolute atomic E-state index is 12.4. The second-order valence-electron chi connectivity index (χ2n) is 6.93. The van der Waals surface area contributed by atoms with Gasteiger partial charge in [0.2, 0.25) is 11.8 Å². The Bertz CT molecular complexity index is 1080. The van der Waals surface area contributed by atoms with Crippen LogP contribution in [0.25, 0.3) is 0 Å². The molecule has 0 saturated carbocycles. The molecule has 0 aliphatic carbocycles. The maximum atomic E-state index is 12.4. The molecule has 1 aliphatic rings. The van der Waals surface area contributed by atoms with Crippen LogP contribution in [0.2, 0.25) is 0 Å². The van der Waals surface area contributed by atoms with Gasteiger partial charge in [-0.1, -0.05) is 54.2 Å². The van der Waals surface area contributed by atoms with Gasteiger partial charge in [0.1, 0.15) is 0 Å². The van der Waals surface area contributed by atoms with E-state index in [0.29, 0.717) is 21.9 Å². The Balaban J connectivity index is 1.85. The highest BCUT2D eigenvalue weighted by Crippen LogP contribution is 2.40. The molecule has 0 saturated heterocycles. The Labute approximate surface area is 179 Å². The molecule has 6 nitrogen and oxygen atoms in total. The van der Waals surface area contributed by atoms with Crippen molar-refractivity contribution < 1.29 is 9.59 Å². The second kappa shape index (κ2) is 9.33. The number of benzene rings is 2. The van der Waals surface area contributed by atoms with E-state index in [-0.39, 0.29) is 11.7 Å². The second-order valence-corrected chi connectivity index (χ2v) is 7.92. The minimum atomic E-state index is -0.581. The monoisotopic (exact) mass is 418 g/mol. The van der Waals surface area contributed by atoms with E-state index in [2.05, 4.69) is 16.7 Å². The minimum Gasteiger partial charge on any atom is -0.366 e. The molecule has 0 aromatic heterocycles. The van der Waals surface area contributed by atoms with Crippen LogP contribution >= 0.6 is 11.8 Å². The Morgan fingerprint density at radius 2 is 1.90 bits per heavy atom. The third-order valence-electron chi connectivity index (χ3n) is 4.70. The van der Waals surface area contributed by atoms with Crippen molar-refractivity contribution in [3.05, 3.63) is 87.6 Å². The lowest BCUT2D eigenvalue weighted by atomic mass is 9.82. The molecule has 0 bridgehead atoms. The van der Waals surface area contributed by atoms with E-state index in [1.165, 1.54) is 11.8 Å². The number of carbonyl (C=O) groups excluding carboxylic acids is 2. The average molecular weight is 419 g/mol. The fourth-order valence-electron chi connectivity index (χ4n) is 3.39. The SMILES string of the molecule is CC1=C(C(N)=O)C(c2ccccc2)C(C#N)=C(SCC(=O)Nc2cccc(C)c2)N1. The van der Waals surface area contributed by atoms with E-state index >= 15 is 0 Å². The summed E-state index contributed by atoms with van der Waals surface area (Å²) in [5, 5.41) is 16.4. The standard InChI is InChI=1S/C23H22N4O2S/c1-14-7-6-10-17(11-14)27-19(28)13-30-23-18(12-24)21(16-8-4-3-5-9-16)20(22(25)29)15(2)26-23/h3-11,21,26H,13H2,1-2H3,(H2,25,29)(H,27,28). The molecule has 152 valence electrons. The van der Waals surface area contributed by atoms with E-state index in [9.17, 15) is 14.9 Å². The van der Waals surface area contributed by atoms with Crippen LogP contribution in [-0.2, 0) is 9.59 Å². The van der Waals surface area contributed by atoms with Gasteiger partial charge in [-0.2, -0.15) is 5.26 Å². The zero-order valence-corrected chi connectivity index (χ0v) is 17.5. The van der Waals surface area contributed by atoms with Crippen molar-refractivity contribution in [2.45, 2.75) is 19.8 Å². The van der Waals surface area contributed by atoms with Crippen LogP contribution in [0.1, 0.15) is 24.0 Å². The predicted octanol–water partition coefficient (Wildman–Crippen LogP) is 3.55. The van der Waals surface area contributed by atoms with Crippen molar-refractivity contribution in [2.24, 2.45) is 5.73 Å². The molecule has 7 heteroatoms. The molecule has 1 atom stereocenters. The van der Waals surface area contributed by atoms with E-state index in [1.807, 2.05) is 61.5 Å². The van der Waals surface area contributed by atoms with Crippen molar-refractivity contribution in [1.29, 1.82) is 5.26 Å². The van der Waals surface area contributed by atoms with Gasteiger partial charge in [0.25, 0.3) is 0 Å². The summed E-state index contributed by atoms with van der Waals surface area (Å²) < 4.78 is 0. The van der Waals surface area contributed by atoms with E-state index in [1.54, 1.807) is 6.92 Å². The number of primary amides is 1. The molecule has 2 amide bonds. The van der Waals surface area contributed by atoms with Crippen LogP contribution in [0.3, 0.4) is 0 Å². The molecule has 0 spiro atoms. The predicted molar refractivity (Wildman–Crippen MR) is 119 cm³/mol. The molecule has 0 fully saturated rings. The Kier molecular flexibility index (Phi) is 6.60. The highest BCUT2D eigenvalue weighted by atomic mass is 32.2. The van der Waals surface area contributed by atoms with Crippen LogP contribution < -0.4 is 16.4 Å². The fourth-order valence-corrected chi connectivity index (χ4v) is 4.28. The summed E-state index contributed by atoms with van der Waals surface area (Å²) in [6.07, 6.45) is 0. The molecule has 0 radical (unpaired) electrons. The summed E-state index contributed by atoms with van der Waals surface area (Å²) in [6, 6.07) is 19.0. The molecule has 1 aliphatic heterocycles. The number of hydrogen-bond acceptors (Lipinski definition) is 5. The lowest BCUT2D eigenvalue weighted by molar-refractivity contribution is -0.115. The maximum Gasteiger partial charge on any atom is 0.247 e. The van der Waals surface area contributed by atoms with Gasteiger partial charge in [-0.3, -0.25) is 9.59 Å². The number of nitrogens with zero attached hydrogens (tertiary/aromatic N) is 1. The molecule has 1 unspecified atom stereocenters. The van der Waals surface area contributed by atoms with Gasteiger partial charge in [-0.25, -0.2) is 0 Å². The Hall–Kier alpha value is -3.50. The Morgan fingerprint density at radius 1 is 1.17 bits per heavy atom. The molecule has 4 N–H and O–H groups in total. The summed E-state index contributed by atoms with van der Waals surface area (Å²) >= 11 is 1.23. The van der Waals surface area contributed by atoms with Gasteiger partial charge in [0.15, 0.2) is 0 Å². The number of hydrogen-bond donors (Lipinski definition) is 3. The third kappa shape index (κ3) is 4.73. The van der Waals surface area contributed by atoms with Crippen LogP contribution in [0.4, 0.5) is 5.69 Å². The van der Waals surface area contributed by atoms with Crippen molar-refractivity contribution >= 4 is 29.3 Å². The van der Waals surface area contributed by atoms with E-state index < -0.39 is 11.8 Å². The van der Waals surface area contributed by atoms with Crippen molar-refractivity contribution in [1.82, 2.24) is 5.32 Å². The lowest BCUT2D eigenvalue weighted by Crippen LogP contribution is -2.31. The van der Waals surface area contributed by atoms with Crippen molar-refractivity contribution in [3.8, 4) is 6.07 Å². The number of dihydropyridines is 1. The number of thioether (sulfide) groups is 1. The summed E-state index contributed by atoms with van der Waals surface area (Å²) in [5.74, 6) is -1.22. The molecule has 2 aromatic carbocycles. The van der Waals surface area contributed by atoms with Gasteiger partial charge in [0.05, 0.1) is 28.3 Å². The smallest absolute Gasteiger partial charge is 0.247 e. The minimum absolute atomic E-state index is 0.113. The summed E-state index contributed by atoms with van der Waals surface area (Å²) in [6.45, 7) is 3.70. The number of anilines is 1. The van der Waals surface area contributed by atoms with Gasteiger partial charge in [-0.15, -0.1) is 0 Å². The van der Waals surface area contributed by atoms with Gasteiger partial charge >= 0.3 is 0 Å². The number of amides is 2. The Morgan fingerprint density at radius 3 is 2.53 bits per heavy atom. The van der Waals surface area contributed by atoms with Crippen LogP contribution in [0.5, 0.6) is 0 Å². The topological polar surface area (TPSA) is 108 Å². The molecule has 3 rings (SSSR count). The molecule has 1 heterocycles. The normalized spacial score (nSPS) is 16.0. The molecule has 30 heavy (non-hydrogen) atoms. The number of aryl methyl sites for hydroxylation is 1. The van der Waals surface area contributed by atoms with Crippen LogP contribution in [0.15, 0.2) is 76.5 Å². The first-order valence-electron chi connectivity index (χ1n) is 9.36. The number of nitrogens with two attached hydrogens (primary N) is 1. The van der Waals surface area contributed by atoms with Gasteiger partial charge in [-0.05, 0) is 37.1 Å². The number of nitrogens with one attached hydrogen (secondary N) is 2. The highest BCUT2D eigenvalue weighted by molar-refractivity contribution is 8.03. The summed E-state index contributed by atoms with van der Waals surface area (Å²) in [4.78, 5) is 24.6. The number of allylic oxidation sites excluding steroid dienone is 2. The summed E-state index contributed by atoms with van der Waals surface area (Å²) in [7, 11) is 0. The first-order valence-corrected chi connectivity index (χ1v) is 10.4. The van der Waals surface area contributed by atoms with E-state index in [4.69, 9.17) is 5.73 Å². The third-order valence-corrected chi connectivity index (χ3v) is 5.71. The number of nitriles is 1. The summed E-state index contributed by atoms with van der Waals surface area (Å²) in [5.41, 5.74) is 9.50. The fraction of sp³-hybridized carbons (Fsp3) is 0.174. The zero-order chi connectivity index (χ0) is 21.7. The zero-order valence-electron chi connectivity index (χ0n) is 16.7. The van der Waals surface area contributed by atoms with Gasteiger partial charge < -0.3 is 16.4 Å². The lowest BCUT2D eigenvalue weighted by Gasteiger charge is -2.28. The highest BCUT2D eigenvalue weighted by Gasteiger charge is 2.33. The number of rotatable bonds is 6. The van der Waals surface area contributed by atoms with Crippen molar-refractivity contribution in [3.63, 3.8) is 0 Å². The van der Waals surface area contributed by atoms with E-state index in [0.717, 1.165) is 16.8 Å². The van der Waals surface area contributed by atoms with Gasteiger partial charge in [0, 0.05) is 17.0 Å². The largest absolute Gasteiger partial charge is 0.366 e.